The van der Waals surface area contributed by atoms with Crippen LogP contribution in [-0.2, 0) is 9.53 Å². The number of halogens is 1. The van der Waals surface area contributed by atoms with E-state index in [1.807, 2.05) is 25.1 Å². The third kappa shape index (κ3) is 3.15. The third-order valence-electron chi connectivity index (χ3n) is 3.06. The molecule has 1 saturated heterocycles. The van der Waals surface area contributed by atoms with E-state index in [2.05, 4.69) is 4.90 Å². The molecule has 1 heterocycles. The molecule has 1 aliphatic rings. The first-order valence-electron chi connectivity index (χ1n) is 5.91. The van der Waals surface area contributed by atoms with Gasteiger partial charge in [-0.25, -0.2) is 0 Å². The van der Waals surface area contributed by atoms with Crippen molar-refractivity contribution in [2.24, 2.45) is 0 Å². The number of ether oxygens (including phenoxy) is 1. The van der Waals surface area contributed by atoms with Gasteiger partial charge < -0.3 is 14.7 Å². The number of hydrogen-bond donors (Lipinski definition) is 1. The minimum absolute atomic E-state index is 0.0378. The van der Waals surface area contributed by atoms with E-state index in [0.29, 0.717) is 13.2 Å². The summed E-state index contributed by atoms with van der Waals surface area (Å²) in [4.78, 5) is 12.8. The molecule has 4 nitrogen and oxygen atoms in total. The molecule has 2 rings (SSSR count). The van der Waals surface area contributed by atoms with Gasteiger partial charge in [0.25, 0.3) is 0 Å². The average Bonchev–Trinajstić information content (AvgIpc) is 2.32. The van der Waals surface area contributed by atoms with E-state index in [1.54, 1.807) is 0 Å². The number of aryl methyl sites for hydroxylation is 1. The Hall–Kier alpha value is -1.26. The standard InChI is InChI=1S/C13H16ClNO3/c1-9-2-3-10(6-12(9)14)15-4-5-18-11(8-15)7-13(16)17/h2-3,6,11H,4-5,7-8H2,1H3,(H,16,17). The molecule has 0 saturated carbocycles. The van der Waals surface area contributed by atoms with E-state index >= 15 is 0 Å². The van der Waals surface area contributed by atoms with Crippen molar-refractivity contribution in [2.45, 2.75) is 19.4 Å². The molecule has 0 aliphatic carbocycles. The SMILES string of the molecule is Cc1ccc(N2CCOC(CC(=O)O)C2)cc1Cl. The van der Waals surface area contributed by atoms with Crippen LogP contribution in [0.25, 0.3) is 0 Å². The number of carbonyl (C=O) groups is 1. The highest BCUT2D eigenvalue weighted by Crippen LogP contribution is 2.25. The van der Waals surface area contributed by atoms with Crippen molar-refractivity contribution in [3.8, 4) is 0 Å². The lowest BCUT2D eigenvalue weighted by Crippen LogP contribution is -2.43. The summed E-state index contributed by atoms with van der Waals surface area (Å²) in [5.74, 6) is -0.830. The molecule has 18 heavy (non-hydrogen) atoms. The Kier molecular flexibility index (Phi) is 4.09. The Labute approximate surface area is 111 Å². The molecule has 1 aromatic carbocycles. The first-order valence-corrected chi connectivity index (χ1v) is 6.28. The summed E-state index contributed by atoms with van der Waals surface area (Å²) in [7, 11) is 0. The summed E-state index contributed by atoms with van der Waals surface area (Å²) in [5, 5.41) is 9.51. The van der Waals surface area contributed by atoms with Crippen LogP contribution in [-0.4, -0.2) is 36.9 Å². The predicted octanol–water partition coefficient (Wildman–Crippen LogP) is 2.33. The Morgan fingerprint density at radius 2 is 2.39 bits per heavy atom. The van der Waals surface area contributed by atoms with Crippen LogP contribution in [0.5, 0.6) is 0 Å². The first-order chi connectivity index (χ1) is 8.56. The minimum Gasteiger partial charge on any atom is -0.481 e. The quantitative estimate of drug-likeness (QED) is 0.915. The van der Waals surface area contributed by atoms with Gasteiger partial charge in [0, 0.05) is 23.8 Å². The van der Waals surface area contributed by atoms with Crippen LogP contribution >= 0.6 is 11.6 Å². The number of carboxylic acid groups (broad SMARTS) is 1. The normalized spacial score (nSPS) is 19.9. The van der Waals surface area contributed by atoms with E-state index in [4.69, 9.17) is 21.4 Å². The second-order valence-electron chi connectivity index (χ2n) is 4.47. The van der Waals surface area contributed by atoms with E-state index < -0.39 is 5.97 Å². The van der Waals surface area contributed by atoms with E-state index in [0.717, 1.165) is 22.8 Å². The summed E-state index contributed by atoms with van der Waals surface area (Å²) in [5.41, 5.74) is 2.06. The Morgan fingerprint density at radius 1 is 1.61 bits per heavy atom. The number of morpholine rings is 1. The highest BCUT2D eigenvalue weighted by atomic mass is 35.5. The number of rotatable bonds is 3. The fourth-order valence-electron chi connectivity index (χ4n) is 2.05. The van der Waals surface area contributed by atoms with Gasteiger partial charge >= 0.3 is 5.97 Å². The van der Waals surface area contributed by atoms with Crippen LogP contribution in [0.15, 0.2) is 18.2 Å². The van der Waals surface area contributed by atoms with Crippen LogP contribution < -0.4 is 4.90 Å². The van der Waals surface area contributed by atoms with Crippen molar-refractivity contribution >= 4 is 23.3 Å². The molecule has 0 bridgehead atoms. The van der Waals surface area contributed by atoms with Crippen molar-refractivity contribution in [1.82, 2.24) is 0 Å². The zero-order valence-electron chi connectivity index (χ0n) is 10.2. The van der Waals surface area contributed by atoms with Gasteiger partial charge in [-0.1, -0.05) is 17.7 Å². The van der Waals surface area contributed by atoms with Crippen LogP contribution in [0, 0.1) is 6.92 Å². The maximum atomic E-state index is 10.7. The second kappa shape index (κ2) is 5.59. The first kappa shape index (κ1) is 13.2. The number of carboxylic acids is 1. The lowest BCUT2D eigenvalue weighted by atomic mass is 10.1. The fourth-order valence-corrected chi connectivity index (χ4v) is 2.23. The molecule has 1 aromatic rings. The number of benzene rings is 1. The highest BCUT2D eigenvalue weighted by Gasteiger charge is 2.23. The van der Waals surface area contributed by atoms with Crippen LogP contribution in [0.4, 0.5) is 5.69 Å². The molecule has 0 amide bonds. The maximum Gasteiger partial charge on any atom is 0.306 e. The number of hydrogen-bond acceptors (Lipinski definition) is 3. The molecule has 1 aliphatic heterocycles. The maximum absolute atomic E-state index is 10.7. The fraction of sp³-hybridized carbons (Fsp3) is 0.462. The molecule has 0 spiro atoms. The van der Waals surface area contributed by atoms with Gasteiger partial charge in [0.15, 0.2) is 0 Å². The van der Waals surface area contributed by atoms with Crippen molar-refractivity contribution in [1.29, 1.82) is 0 Å². The van der Waals surface area contributed by atoms with Gasteiger partial charge in [-0.3, -0.25) is 4.79 Å². The van der Waals surface area contributed by atoms with E-state index in [9.17, 15) is 4.79 Å². The molecule has 1 unspecified atom stereocenters. The predicted molar refractivity (Wildman–Crippen MR) is 70.4 cm³/mol. The third-order valence-corrected chi connectivity index (χ3v) is 3.47. The second-order valence-corrected chi connectivity index (χ2v) is 4.88. The molecule has 5 heteroatoms. The summed E-state index contributed by atoms with van der Waals surface area (Å²) < 4.78 is 5.44. The van der Waals surface area contributed by atoms with Crippen molar-refractivity contribution < 1.29 is 14.6 Å². The van der Waals surface area contributed by atoms with Gasteiger partial charge in [-0.05, 0) is 24.6 Å². The number of nitrogens with zero attached hydrogens (tertiary/aromatic N) is 1. The summed E-state index contributed by atoms with van der Waals surface area (Å²) in [6, 6.07) is 5.89. The van der Waals surface area contributed by atoms with Crippen molar-refractivity contribution in [2.75, 3.05) is 24.6 Å². The molecule has 0 aromatic heterocycles. The molecular weight excluding hydrogens is 254 g/mol. The zero-order valence-corrected chi connectivity index (χ0v) is 11.0. The van der Waals surface area contributed by atoms with Crippen molar-refractivity contribution in [3.05, 3.63) is 28.8 Å². The number of anilines is 1. The van der Waals surface area contributed by atoms with E-state index in [-0.39, 0.29) is 12.5 Å². The van der Waals surface area contributed by atoms with Crippen LogP contribution in [0.1, 0.15) is 12.0 Å². The van der Waals surface area contributed by atoms with Gasteiger partial charge in [0.1, 0.15) is 0 Å². The average molecular weight is 270 g/mol. The highest BCUT2D eigenvalue weighted by molar-refractivity contribution is 6.31. The summed E-state index contributed by atoms with van der Waals surface area (Å²) in [6.45, 7) is 3.85. The van der Waals surface area contributed by atoms with Crippen LogP contribution in [0.2, 0.25) is 5.02 Å². The van der Waals surface area contributed by atoms with Gasteiger partial charge in [0.05, 0.1) is 19.1 Å². The zero-order chi connectivity index (χ0) is 13.1. The minimum atomic E-state index is -0.830. The monoisotopic (exact) mass is 269 g/mol. The van der Waals surface area contributed by atoms with Gasteiger partial charge in [0.2, 0.25) is 0 Å². The van der Waals surface area contributed by atoms with Crippen molar-refractivity contribution in [3.63, 3.8) is 0 Å². The summed E-state index contributed by atoms with van der Waals surface area (Å²) >= 11 is 6.10. The Bertz CT molecular complexity index is 450. The molecule has 98 valence electrons. The Morgan fingerprint density at radius 3 is 3.06 bits per heavy atom. The van der Waals surface area contributed by atoms with E-state index in [1.165, 1.54) is 0 Å². The molecule has 0 radical (unpaired) electrons. The Balaban J connectivity index is 2.08. The molecule has 1 N–H and O–H groups in total. The lowest BCUT2D eigenvalue weighted by molar-refractivity contribution is -0.140. The topological polar surface area (TPSA) is 49.8 Å². The van der Waals surface area contributed by atoms with Crippen LogP contribution in [0.3, 0.4) is 0 Å². The smallest absolute Gasteiger partial charge is 0.306 e. The molecule has 1 fully saturated rings. The van der Waals surface area contributed by atoms with Gasteiger partial charge in [-0.2, -0.15) is 0 Å². The molecular formula is C13H16ClNO3. The number of aliphatic carboxylic acids is 1. The summed E-state index contributed by atoms with van der Waals surface area (Å²) in [6.07, 6.45) is -0.216. The molecule has 1 atom stereocenters. The van der Waals surface area contributed by atoms with Gasteiger partial charge in [-0.15, -0.1) is 0 Å². The largest absolute Gasteiger partial charge is 0.481 e. The lowest BCUT2D eigenvalue weighted by Gasteiger charge is -2.34.